The van der Waals surface area contributed by atoms with Gasteiger partial charge in [0.05, 0.1) is 12.0 Å². The molecule has 1 saturated carbocycles. The van der Waals surface area contributed by atoms with Gasteiger partial charge in [-0.3, -0.25) is 9.69 Å². The van der Waals surface area contributed by atoms with Crippen LogP contribution in [0.4, 0.5) is 0 Å². The summed E-state index contributed by atoms with van der Waals surface area (Å²) >= 11 is 0. The van der Waals surface area contributed by atoms with Crippen molar-refractivity contribution in [1.29, 1.82) is 0 Å². The van der Waals surface area contributed by atoms with Gasteiger partial charge in [-0.25, -0.2) is 4.98 Å². The van der Waals surface area contributed by atoms with E-state index in [0.717, 1.165) is 19.6 Å². The van der Waals surface area contributed by atoms with Gasteiger partial charge in [0.2, 0.25) is 0 Å². The topological polar surface area (TPSA) is 38.1 Å². The fraction of sp³-hybridized carbons (Fsp3) is 0.692. The maximum Gasteiger partial charge on any atom is 0.138 e. The lowest BCUT2D eigenvalue weighted by atomic mass is 9.98. The van der Waals surface area contributed by atoms with Crippen LogP contribution in [0.3, 0.4) is 0 Å². The minimum Gasteiger partial charge on any atom is -0.330 e. The summed E-state index contributed by atoms with van der Waals surface area (Å²) in [6.45, 7) is 4.77. The van der Waals surface area contributed by atoms with Crippen LogP contribution in [-0.4, -0.2) is 33.3 Å². The molecule has 1 saturated heterocycles. The predicted octanol–water partition coefficient (Wildman–Crippen LogP) is 1.63. The minimum atomic E-state index is 0.195. The van der Waals surface area contributed by atoms with Crippen molar-refractivity contribution in [3.8, 4) is 0 Å². The van der Waals surface area contributed by atoms with Crippen LogP contribution in [0.5, 0.6) is 0 Å². The number of hydrogen-bond acceptors (Lipinski definition) is 3. The molecule has 1 aromatic heterocycles. The maximum atomic E-state index is 11.5. The number of ketones is 1. The Bertz CT molecular complexity index is 422. The van der Waals surface area contributed by atoms with Crippen LogP contribution in [0.2, 0.25) is 0 Å². The van der Waals surface area contributed by atoms with Crippen molar-refractivity contribution in [3.63, 3.8) is 0 Å². The second-order valence-electron chi connectivity index (χ2n) is 5.38. The average Bonchev–Trinajstić information content (AvgIpc) is 3.05. The van der Waals surface area contributed by atoms with E-state index in [1.165, 1.54) is 18.5 Å². The number of nitrogens with zero attached hydrogens (tertiary/aromatic N) is 3. The van der Waals surface area contributed by atoms with E-state index in [1.54, 1.807) is 0 Å². The van der Waals surface area contributed by atoms with Crippen LogP contribution < -0.4 is 0 Å². The molecule has 4 heteroatoms. The van der Waals surface area contributed by atoms with E-state index in [4.69, 9.17) is 0 Å². The van der Waals surface area contributed by atoms with Crippen LogP contribution in [-0.2, 0) is 11.3 Å². The van der Waals surface area contributed by atoms with E-state index in [9.17, 15) is 4.79 Å². The van der Waals surface area contributed by atoms with Crippen molar-refractivity contribution in [2.75, 3.05) is 13.1 Å². The monoisotopic (exact) mass is 233 g/mol. The summed E-state index contributed by atoms with van der Waals surface area (Å²) in [4.78, 5) is 18.1. The number of imidazole rings is 1. The second kappa shape index (κ2) is 4.26. The maximum absolute atomic E-state index is 11.5. The summed E-state index contributed by atoms with van der Waals surface area (Å²) in [7, 11) is 0. The van der Waals surface area contributed by atoms with Crippen molar-refractivity contribution in [3.05, 3.63) is 18.2 Å². The number of piperidine rings is 1. The van der Waals surface area contributed by atoms with Gasteiger partial charge in [0.15, 0.2) is 0 Å². The van der Waals surface area contributed by atoms with E-state index >= 15 is 0 Å². The fourth-order valence-electron chi connectivity index (χ4n) is 2.60. The molecular weight excluding hydrogens is 214 g/mol. The van der Waals surface area contributed by atoms with Gasteiger partial charge < -0.3 is 4.57 Å². The van der Waals surface area contributed by atoms with Gasteiger partial charge in [0, 0.05) is 44.2 Å². The molecule has 17 heavy (non-hydrogen) atoms. The van der Waals surface area contributed by atoms with E-state index in [-0.39, 0.29) is 5.92 Å². The third kappa shape index (κ3) is 2.27. The second-order valence-corrected chi connectivity index (χ2v) is 5.38. The van der Waals surface area contributed by atoms with Crippen molar-refractivity contribution in [2.45, 2.75) is 38.8 Å². The lowest BCUT2D eigenvalue weighted by Crippen LogP contribution is -2.39. The first-order valence-corrected chi connectivity index (χ1v) is 6.50. The molecule has 2 aliphatic rings. The number of hydrogen-bond donors (Lipinski definition) is 0. The summed E-state index contributed by atoms with van der Waals surface area (Å²) in [5.41, 5.74) is 1.30. The van der Waals surface area contributed by atoms with Crippen molar-refractivity contribution < 1.29 is 4.79 Å². The van der Waals surface area contributed by atoms with Gasteiger partial charge in [-0.2, -0.15) is 0 Å². The molecular formula is C13H19N3O. The third-order valence-electron chi connectivity index (χ3n) is 3.83. The Kier molecular flexibility index (Phi) is 2.74. The molecule has 1 aliphatic carbocycles. The number of rotatable bonds is 3. The zero-order valence-corrected chi connectivity index (χ0v) is 10.3. The Morgan fingerprint density at radius 3 is 3.00 bits per heavy atom. The molecule has 0 N–H and O–H groups in total. The molecule has 1 atom stereocenters. The molecule has 2 heterocycles. The Hall–Kier alpha value is -1.16. The predicted molar refractivity (Wildman–Crippen MR) is 64.6 cm³/mol. The first kappa shape index (κ1) is 11.0. The highest BCUT2D eigenvalue weighted by atomic mass is 16.1. The molecule has 1 unspecified atom stereocenters. The highest BCUT2D eigenvalue weighted by Crippen LogP contribution is 2.35. The van der Waals surface area contributed by atoms with Crippen molar-refractivity contribution in [1.82, 2.24) is 14.5 Å². The molecule has 4 nitrogen and oxygen atoms in total. The normalized spacial score (nSPS) is 26.4. The summed E-state index contributed by atoms with van der Waals surface area (Å²) in [5, 5.41) is 0. The molecule has 92 valence electrons. The van der Waals surface area contributed by atoms with Gasteiger partial charge in [-0.15, -0.1) is 0 Å². The molecule has 1 aliphatic heterocycles. The molecule has 0 aromatic carbocycles. The molecule has 0 spiro atoms. The summed E-state index contributed by atoms with van der Waals surface area (Å²) in [5.74, 6) is 0.609. The number of carbonyl (C=O) groups excluding carboxylic acids is 1. The largest absolute Gasteiger partial charge is 0.330 e. The van der Waals surface area contributed by atoms with Crippen LogP contribution >= 0.6 is 0 Å². The Labute approximate surface area is 102 Å². The van der Waals surface area contributed by atoms with E-state index in [0.29, 0.717) is 18.2 Å². The number of Topliss-reactive ketones (excluding diaryl/α,β-unsaturated/α-hetero) is 1. The molecule has 0 amide bonds. The summed E-state index contributed by atoms with van der Waals surface area (Å²) in [6, 6.07) is 0.691. The third-order valence-corrected chi connectivity index (χ3v) is 3.83. The number of carbonyl (C=O) groups is 1. The lowest BCUT2D eigenvalue weighted by molar-refractivity contribution is -0.125. The smallest absolute Gasteiger partial charge is 0.138 e. The number of aromatic nitrogens is 2. The van der Waals surface area contributed by atoms with Gasteiger partial charge in [-0.1, -0.05) is 6.92 Å². The van der Waals surface area contributed by atoms with Crippen LogP contribution in [0.25, 0.3) is 0 Å². The Morgan fingerprint density at radius 1 is 1.47 bits per heavy atom. The Morgan fingerprint density at radius 2 is 2.29 bits per heavy atom. The van der Waals surface area contributed by atoms with E-state index < -0.39 is 0 Å². The van der Waals surface area contributed by atoms with E-state index in [2.05, 4.69) is 14.5 Å². The van der Waals surface area contributed by atoms with Crippen LogP contribution in [0.15, 0.2) is 12.5 Å². The lowest BCUT2D eigenvalue weighted by Gasteiger charge is -2.29. The van der Waals surface area contributed by atoms with Crippen molar-refractivity contribution in [2.24, 2.45) is 5.92 Å². The molecule has 0 radical (unpaired) electrons. The minimum absolute atomic E-state index is 0.195. The SMILES string of the molecule is CC1CN(Cc2cncn2C2CC2)CCC1=O. The van der Waals surface area contributed by atoms with Gasteiger partial charge in [-0.05, 0) is 12.8 Å². The molecule has 1 aromatic rings. The average molecular weight is 233 g/mol. The standard InChI is InChI=1S/C13H19N3O/c1-10-7-15(5-4-13(10)17)8-12-6-14-9-16(12)11-2-3-11/h6,9-11H,2-5,7-8H2,1H3. The highest BCUT2D eigenvalue weighted by Gasteiger charge is 2.27. The van der Waals surface area contributed by atoms with Crippen LogP contribution in [0, 0.1) is 5.92 Å². The zero-order chi connectivity index (χ0) is 11.8. The van der Waals surface area contributed by atoms with Crippen molar-refractivity contribution >= 4 is 5.78 Å². The van der Waals surface area contributed by atoms with Gasteiger partial charge in [0.25, 0.3) is 0 Å². The van der Waals surface area contributed by atoms with Gasteiger partial charge in [0.1, 0.15) is 5.78 Å². The summed E-state index contributed by atoms with van der Waals surface area (Å²) < 4.78 is 2.31. The molecule has 2 fully saturated rings. The van der Waals surface area contributed by atoms with Crippen LogP contribution in [0.1, 0.15) is 37.9 Å². The van der Waals surface area contributed by atoms with Gasteiger partial charge >= 0.3 is 0 Å². The Balaban J connectivity index is 1.66. The first-order chi connectivity index (χ1) is 8.24. The summed E-state index contributed by atoms with van der Waals surface area (Å²) in [6.07, 6.45) is 7.21. The molecule has 0 bridgehead atoms. The zero-order valence-electron chi connectivity index (χ0n) is 10.3. The fourth-order valence-corrected chi connectivity index (χ4v) is 2.60. The highest BCUT2D eigenvalue weighted by molar-refractivity contribution is 5.81. The van der Waals surface area contributed by atoms with E-state index in [1.807, 2.05) is 19.4 Å². The number of likely N-dealkylation sites (tertiary alicyclic amines) is 1. The first-order valence-electron chi connectivity index (χ1n) is 6.50. The molecule has 3 rings (SSSR count). The quantitative estimate of drug-likeness (QED) is 0.796.